The van der Waals surface area contributed by atoms with Crippen LogP contribution >= 0.6 is 23.7 Å². The Labute approximate surface area is 127 Å². The molecule has 0 fully saturated rings. The van der Waals surface area contributed by atoms with E-state index in [-0.39, 0.29) is 18.3 Å². The van der Waals surface area contributed by atoms with Gasteiger partial charge in [-0.3, -0.25) is 4.79 Å². The highest BCUT2D eigenvalue weighted by atomic mass is 35.5. The topological polar surface area (TPSA) is 94.0 Å². The number of amides is 1. The molecule has 0 spiro atoms. The lowest BCUT2D eigenvalue weighted by atomic mass is 10.3. The highest BCUT2D eigenvalue weighted by Crippen LogP contribution is 2.21. The summed E-state index contributed by atoms with van der Waals surface area (Å²) in [6, 6.07) is 3.86. The van der Waals surface area contributed by atoms with E-state index >= 15 is 0 Å². The number of aryl methyl sites for hydroxylation is 1. The van der Waals surface area contributed by atoms with Crippen LogP contribution < -0.4 is 11.1 Å². The molecular formula is C12H17ClN4O2S. The lowest BCUT2D eigenvalue weighted by Crippen LogP contribution is -2.26. The summed E-state index contributed by atoms with van der Waals surface area (Å²) >= 11 is 1.55. The van der Waals surface area contributed by atoms with Crippen molar-refractivity contribution in [3.05, 3.63) is 23.4 Å². The molecule has 1 amide bonds. The van der Waals surface area contributed by atoms with E-state index < -0.39 is 0 Å². The second-order valence-electron chi connectivity index (χ2n) is 3.98. The lowest BCUT2D eigenvalue weighted by molar-refractivity contribution is -0.121. The smallest absolute Gasteiger partial charge is 0.227 e. The summed E-state index contributed by atoms with van der Waals surface area (Å²) in [6.07, 6.45) is 1.58. The summed E-state index contributed by atoms with van der Waals surface area (Å²) in [5.74, 6) is 1.04. The van der Waals surface area contributed by atoms with E-state index in [9.17, 15) is 4.79 Å². The van der Waals surface area contributed by atoms with Crippen molar-refractivity contribution >= 4 is 29.7 Å². The first-order valence-corrected chi connectivity index (χ1v) is 7.01. The maximum absolute atomic E-state index is 11.5. The van der Waals surface area contributed by atoms with E-state index in [4.69, 9.17) is 10.3 Å². The highest BCUT2D eigenvalue weighted by molar-refractivity contribution is 7.13. The van der Waals surface area contributed by atoms with Crippen LogP contribution in [0.25, 0.3) is 10.7 Å². The molecule has 3 N–H and O–H groups in total. The number of nitrogens with two attached hydrogens (primary N) is 1. The van der Waals surface area contributed by atoms with Crippen LogP contribution in [0.5, 0.6) is 0 Å². The van der Waals surface area contributed by atoms with Gasteiger partial charge in [0.25, 0.3) is 0 Å². The molecule has 0 aliphatic heterocycles. The summed E-state index contributed by atoms with van der Waals surface area (Å²) in [5, 5.41) is 8.62. The summed E-state index contributed by atoms with van der Waals surface area (Å²) < 4.78 is 5.11. The van der Waals surface area contributed by atoms with Gasteiger partial charge in [0.05, 0.1) is 4.88 Å². The van der Waals surface area contributed by atoms with E-state index in [1.165, 1.54) is 0 Å². The Hall–Kier alpha value is -1.44. The first-order chi connectivity index (χ1) is 9.29. The molecule has 20 heavy (non-hydrogen) atoms. The van der Waals surface area contributed by atoms with Gasteiger partial charge in [-0.15, -0.1) is 23.7 Å². The number of nitrogens with zero attached hydrogens (tertiary/aromatic N) is 2. The molecule has 0 aromatic carbocycles. The van der Waals surface area contributed by atoms with E-state index in [1.807, 2.05) is 17.5 Å². The van der Waals surface area contributed by atoms with Crippen LogP contribution in [0, 0.1) is 0 Å². The normalized spacial score (nSPS) is 10.1. The molecule has 0 radical (unpaired) electrons. The van der Waals surface area contributed by atoms with Crippen LogP contribution in [0.1, 0.15) is 18.7 Å². The van der Waals surface area contributed by atoms with E-state index in [1.54, 1.807) is 11.3 Å². The van der Waals surface area contributed by atoms with Crippen molar-refractivity contribution < 1.29 is 9.32 Å². The zero-order valence-electron chi connectivity index (χ0n) is 10.9. The Balaban J connectivity index is 0.00000200. The molecule has 110 valence electrons. The first-order valence-electron chi connectivity index (χ1n) is 6.13. The van der Waals surface area contributed by atoms with Crippen molar-refractivity contribution in [1.82, 2.24) is 15.5 Å². The van der Waals surface area contributed by atoms with E-state index in [2.05, 4.69) is 15.5 Å². The largest absolute Gasteiger partial charge is 0.356 e. The predicted molar refractivity (Wildman–Crippen MR) is 79.9 cm³/mol. The molecule has 2 heterocycles. The van der Waals surface area contributed by atoms with Gasteiger partial charge in [0.15, 0.2) is 0 Å². The van der Waals surface area contributed by atoms with Gasteiger partial charge in [-0.1, -0.05) is 11.2 Å². The number of nitrogens with one attached hydrogen (secondary N) is 1. The minimum Gasteiger partial charge on any atom is -0.356 e. The fraction of sp³-hybridized carbons (Fsp3) is 0.417. The molecule has 0 atom stereocenters. The molecule has 0 aliphatic rings. The van der Waals surface area contributed by atoms with Crippen molar-refractivity contribution in [2.75, 3.05) is 13.1 Å². The lowest BCUT2D eigenvalue weighted by Gasteiger charge is -2.01. The molecule has 0 saturated heterocycles. The van der Waals surface area contributed by atoms with Gasteiger partial charge in [-0.25, -0.2) is 0 Å². The maximum Gasteiger partial charge on any atom is 0.227 e. The summed E-state index contributed by atoms with van der Waals surface area (Å²) in [4.78, 5) is 16.7. The Morgan fingerprint density at radius 1 is 1.50 bits per heavy atom. The average molecular weight is 317 g/mol. The van der Waals surface area contributed by atoms with Crippen molar-refractivity contribution in [2.24, 2.45) is 5.73 Å². The van der Waals surface area contributed by atoms with Gasteiger partial charge in [-0.05, 0) is 24.4 Å². The van der Waals surface area contributed by atoms with Crippen LogP contribution in [-0.4, -0.2) is 29.1 Å². The minimum absolute atomic E-state index is 0. The minimum atomic E-state index is -0.0238. The molecule has 0 aliphatic carbocycles. The summed E-state index contributed by atoms with van der Waals surface area (Å²) in [7, 11) is 0. The Kier molecular flexibility index (Phi) is 7.21. The number of halogens is 1. The molecule has 0 bridgehead atoms. The highest BCUT2D eigenvalue weighted by Gasteiger charge is 2.10. The van der Waals surface area contributed by atoms with Crippen molar-refractivity contribution in [3.8, 4) is 10.7 Å². The SMILES string of the molecule is Cl.NCCCNC(=O)CCc1nc(-c2cccs2)no1. The fourth-order valence-electron chi connectivity index (χ4n) is 1.50. The van der Waals surface area contributed by atoms with Gasteiger partial charge < -0.3 is 15.6 Å². The Morgan fingerprint density at radius 3 is 3.05 bits per heavy atom. The number of carbonyl (C=O) groups excluding carboxylic acids is 1. The van der Waals surface area contributed by atoms with Crippen molar-refractivity contribution in [3.63, 3.8) is 0 Å². The number of rotatable bonds is 7. The van der Waals surface area contributed by atoms with Crippen LogP contribution in [0.2, 0.25) is 0 Å². The number of aromatic nitrogens is 2. The molecule has 2 aromatic rings. The molecule has 0 unspecified atom stereocenters. The van der Waals surface area contributed by atoms with E-state index in [0.717, 1.165) is 11.3 Å². The van der Waals surface area contributed by atoms with Gasteiger partial charge in [0, 0.05) is 19.4 Å². The van der Waals surface area contributed by atoms with Crippen LogP contribution in [0.4, 0.5) is 0 Å². The van der Waals surface area contributed by atoms with Crippen LogP contribution in [-0.2, 0) is 11.2 Å². The number of carbonyl (C=O) groups is 1. The molecule has 2 rings (SSSR count). The predicted octanol–water partition coefficient (Wildman–Crippen LogP) is 1.62. The van der Waals surface area contributed by atoms with Gasteiger partial charge in [0.2, 0.25) is 17.6 Å². The number of hydrogen-bond acceptors (Lipinski definition) is 6. The summed E-state index contributed by atoms with van der Waals surface area (Å²) in [5.41, 5.74) is 5.35. The molecular weight excluding hydrogens is 300 g/mol. The quantitative estimate of drug-likeness (QED) is 0.757. The van der Waals surface area contributed by atoms with Gasteiger partial charge in [0.1, 0.15) is 0 Å². The van der Waals surface area contributed by atoms with E-state index in [0.29, 0.717) is 37.6 Å². The zero-order chi connectivity index (χ0) is 13.5. The fourth-order valence-corrected chi connectivity index (χ4v) is 2.15. The third-order valence-corrected chi connectivity index (χ3v) is 3.34. The Bertz CT molecular complexity index is 515. The average Bonchev–Trinajstić information content (AvgIpc) is 3.07. The number of hydrogen-bond donors (Lipinski definition) is 2. The standard InChI is InChI=1S/C12H16N4O2S.ClH/c13-6-2-7-14-10(17)4-5-11-15-12(16-18-11)9-3-1-8-19-9;/h1,3,8H,2,4-7,13H2,(H,14,17);1H. The van der Waals surface area contributed by atoms with Crippen LogP contribution in [0.15, 0.2) is 22.0 Å². The summed E-state index contributed by atoms with van der Waals surface area (Å²) in [6.45, 7) is 1.19. The Morgan fingerprint density at radius 2 is 2.35 bits per heavy atom. The molecule has 8 heteroatoms. The monoisotopic (exact) mass is 316 g/mol. The first kappa shape index (κ1) is 16.6. The molecule has 2 aromatic heterocycles. The third-order valence-electron chi connectivity index (χ3n) is 2.48. The van der Waals surface area contributed by atoms with Crippen molar-refractivity contribution in [1.29, 1.82) is 0 Å². The van der Waals surface area contributed by atoms with Gasteiger partial charge >= 0.3 is 0 Å². The van der Waals surface area contributed by atoms with Crippen LogP contribution in [0.3, 0.4) is 0 Å². The second kappa shape index (κ2) is 8.68. The maximum atomic E-state index is 11.5. The van der Waals surface area contributed by atoms with Gasteiger partial charge in [-0.2, -0.15) is 4.98 Å². The second-order valence-corrected chi connectivity index (χ2v) is 4.93. The molecule has 0 saturated carbocycles. The van der Waals surface area contributed by atoms with Crippen molar-refractivity contribution in [2.45, 2.75) is 19.3 Å². The number of thiophene rings is 1. The molecule has 6 nitrogen and oxygen atoms in total. The third kappa shape index (κ3) is 4.92. The zero-order valence-corrected chi connectivity index (χ0v) is 12.5.